The molecule has 1 aliphatic heterocycles. The van der Waals surface area contributed by atoms with Gasteiger partial charge in [0.15, 0.2) is 0 Å². The lowest BCUT2D eigenvalue weighted by Gasteiger charge is -2.39. The number of amides is 1. The van der Waals surface area contributed by atoms with E-state index in [4.69, 9.17) is 5.73 Å². The van der Waals surface area contributed by atoms with Crippen molar-refractivity contribution in [3.8, 4) is 0 Å². The number of rotatable bonds is 3. The van der Waals surface area contributed by atoms with E-state index >= 15 is 0 Å². The fourth-order valence-electron chi connectivity index (χ4n) is 3.21. The number of likely N-dealkylation sites (tertiary alicyclic amines) is 1. The predicted octanol–water partition coefficient (Wildman–Crippen LogP) is 1.57. The van der Waals surface area contributed by atoms with Crippen LogP contribution in [-0.2, 0) is 11.2 Å². The van der Waals surface area contributed by atoms with Gasteiger partial charge in [0.2, 0.25) is 5.91 Å². The second-order valence-electron chi connectivity index (χ2n) is 5.60. The van der Waals surface area contributed by atoms with Crippen LogP contribution in [0.15, 0.2) is 30.3 Å². The van der Waals surface area contributed by atoms with Crippen LogP contribution in [0.5, 0.6) is 0 Å². The number of hydrogen-bond acceptors (Lipinski definition) is 2. The molecule has 1 aromatic rings. The summed E-state index contributed by atoms with van der Waals surface area (Å²) in [5.74, 6) is 0.303. The van der Waals surface area contributed by atoms with Crippen LogP contribution in [0.1, 0.15) is 24.8 Å². The third-order valence-electron chi connectivity index (χ3n) is 4.60. The summed E-state index contributed by atoms with van der Waals surface area (Å²) in [6.07, 6.45) is 4.07. The number of carbonyl (C=O) groups is 1. The first-order valence-electron chi connectivity index (χ1n) is 6.81. The number of carbonyl (C=O) groups excluding carboxylic acids is 1. The van der Waals surface area contributed by atoms with Gasteiger partial charge in [0.1, 0.15) is 0 Å². The van der Waals surface area contributed by atoms with E-state index in [0.29, 0.717) is 5.91 Å². The second-order valence-corrected chi connectivity index (χ2v) is 5.60. The molecule has 0 radical (unpaired) electrons. The van der Waals surface area contributed by atoms with Gasteiger partial charge in [0.05, 0.1) is 5.41 Å². The van der Waals surface area contributed by atoms with Crippen LogP contribution in [0.2, 0.25) is 0 Å². The molecule has 1 saturated heterocycles. The molecule has 3 rings (SSSR count). The molecule has 1 atom stereocenters. The molecule has 1 aromatic carbocycles. The molecule has 2 fully saturated rings. The molecule has 0 bridgehead atoms. The molecule has 1 amide bonds. The van der Waals surface area contributed by atoms with E-state index in [2.05, 4.69) is 12.1 Å². The molecule has 1 spiro atoms. The number of nitrogens with zero attached hydrogens (tertiary/aromatic N) is 1. The molecule has 1 aliphatic carbocycles. The highest BCUT2D eigenvalue weighted by Gasteiger charge is 2.55. The molecular weight excluding hydrogens is 224 g/mol. The third-order valence-corrected chi connectivity index (χ3v) is 4.60. The minimum Gasteiger partial charge on any atom is -0.340 e. The molecule has 18 heavy (non-hydrogen) atoms. The van der Waals surface area contributed by atoms with E-state index in [0.717, 1.165) is 38.8 Å². The average molecular weight is 244 g/mol. The first kappa shape index (κ1) is 11.7. The zero-order valence-electron chi connectivity index (χ0n) is 10.6. The number of benzene rings is 1. The Hall–Kier alpha value is -1.35. The monoisotopic (exact) mass is 244 g/mol. The summed E-state index contributed by atoms with van der Waals surface area (Å²) >= 11 is 0. The molecule has 0 aromatic heterocycles. The lowest BCUT2D eigenvalue weighted by molar-refractivity contribution is -0.140. The first-order valence-corrected chi connectivity index (χ1v) is 6.81. The van der Waals surface area contributed by atoms with E-state index in [-0.39, 0.29) is 11.5 Å². The van der Waals surface area contributed by atoms with Crippen LogP contribution >= 0.6 is 0 Å². The Balaban J connectivity index is 1.63. The normalized spacial score (nSPS) is 25.5. The maximum Gasteiger partial charge on any atom is 0.230 e. The fourth-order valence-corrected chi connectivity index (χ4v) is 3.21. The molecule has 3 nitrogen and oxygen atoms in total. The van der Waals surface area contributed by atoms with Crippen LogP contribution < -0.4 is 5.73 Å². The zero-order valence-corrected chi connectivity index (χ0v) is 10.6. The van der Waals surface area contributed by atoms with Crippen LogP contribution in [0.4, 0.5) is 0 Å². The summed E-state index contributed by atoms with van der Waals surface area (Å²) in [7, 11) is 0. The van der Waals surface area contributed by atoms with E-state index in [1.54, 1.807) is 0 Å². The summed E-state index contributed by atoms with van der Waals surface area (Å²) in [6, 6.07) is 10.4. The van der Waals surface area contributed by atoms with Gasteiger partial charge < -0.3 is 10.6 Å². The molecular formula is C15H20N2O. The van der Waals surface area contributed by atoms with Gasteiger partial charge in [-0.15, -0.1) is 0 Å². The smallest absolute Gasteiger partial charge is 0.230 e. The van der Waals surface area contributed by atoms with Crippen molar-refractivity contribution in [1.82, 2.24) is 4.90 Å². The standard InChI is InChI=1S/C15H20N2O/c16-13-11-17(14(18)15(13)8-4-9-15)10-7-12-5-2-1-3-6-12/h1-3,5-6,13H,4,7-11,16H2/t13-/m0/s1. The van der Waals surface area contributed by atoms with Crippen LogP contribution in [0, 0.1) is 5.41 Å². The Morgan fingerprint density at radius 1 is 1.28 bits per heavy atom. The Morgan fingerprint density at radius 3 is 2.56 bits per heavy atom. The Kier molecular flexibility index (Phi) is 2.86. The van der Waals surface area contributed by atoms with E-state index in [9.17, 15) is 4.79 Å². The summed E-state index contributed by atoms with van der Waals surface area (Å²) in [5.41, 5.74) is 7.26. The quantitative estimate of drug-likeness (QED) is 0.877. The Labute approximate surface area is 108 Å². The Bertz CT molecular complexity index is 439. The lowest BCUT2D eigenvalue weighted by Crippen LogP contribution is -2.48. The van der Waals surface area contributed by atoms with Crippen molar-refractivity contribution < 1.29 is 4.79 Å². The Morgan fingerprint density at radius 2 is 2.00 bits per heavy atom. The molecule has 96 valence electrons. The predicted molar refractivity (Wildman–Crippen MR) is 71.0 cm³/mol. The summed E-state index contributed by atoms with van der Waals surface area (Å²) in [6.45, 7) is 1.55. The fraction of sp³-hybridized carbons (Fsp3) is 0.533. The molecule has 1 saturated carbocycles. The molecule has 3 heteroatoms. The van der Waals surface area contributed by atoms with Crippen molar-refractivity contribution >= 4 is 5.91 Å². The summed E-state index contributed by atoms with van der Waals surface area (Å²) in [4.78, 5) is 14.4. The van der Waals surface area contributed by atoms with Crippen molar-refractivity contribution in [3.05, 3.63) is 35.9 Å². The largest absolute Gasteiger partial charge is 0.340 e. The van der Waals surface area contributed by atoms with Gasteiger partial charge in [0, 0.05) is 19.1 Å². The number of nitrogens with two attached hydrogens (primary N) is 1. The highest BCUT2D eigenvalue weighted by atomic mass is 16.2. The first-order chi connectivity index (χ1) is 8.72. The summed E-state index contributed by atoms with van der Waals surface area (Å²) < 4.78 is 0. The van der Waals surface area contributed by atoms with Crippen molar-refractivity contribution in [1.29, 1.82) is 0 Å². The number of hydrogen-bond donors (Lipinski definition) is 1. The average Bonchev–Trinajstić information content (AvgIpc) is 2.59. The highest BCUT2D eigenvalue weighted by Crippen LogP contribution is 2.48. The van der Waals surface area contributed by atoms with Gasteiger partial charge in [-0.1, -0.05) is 36.8 Å². The van der Waals surface area contributed by atoms with Crippen LogP contribution in [-0.4, -0.2) is 29.9 Å². The lowest BCUT2D eigenvalue weighted by atomic mass is 9.65. The molecule has 0 unspecified atom stereocenters. The third kappa shape index (κ3) is 1.74. The van der Waals surface area contributed by atoms with Crippen molar-refractivity contribution in [3.63, 3.8) is 0 Å². The van der Waals surface area contributed by atoms with Crippen LogP contribution in [0.25, 0.3) is 0 Å². The topological polar surface area (TPSA) is 46.3 Å². The zero-order chi connectivity index (χ0) is 12.6. The second kappa shape index (κ2) is 4.39. The van der Waals surface area contributed by atoms with Gasteiger partial charge in [-0.2, -0.15) is 0 Å². The molecule has 1 heterocycles. The van der Waals surface area contributed by atoms with Gasteiger partial charge in [-0.05, 0) is 24.8 Å². The SMILES string of the molecule is N[C@H]1CN(CCc2ccccc2)C(=O)C12CCC2. The van der Waals surface area contributed by atoms with E-state index < -0.39 is 0 Å². The minimum absolute atomic E-state index is 0.0505. The maximum absolute atomic E-state index is 12.4. The van der Waals surface area contributed by atoms with Gasteiger partial charge >= 0.3 is 0 Å². The molecule has 2 aliphatic rings. The van der Waals surface area contributed by atoms with E-state index in [1.165, 1.54) is 5.56 Å². The van der Waals surface area contributed by atoms with Crippen molar-refractivity contribution in [2.45, 2.75) is 31.7 Å². The van der Waals surface area contributed by atoms with Crippen molar-refractivity contribution in [2.24, 2.45) is 11.1 Å². The molecule has 2 N–H and O–H groups in total. The summed E-state index contributed by atoms with van der Waals surface area (Å²) in [5, 5.41) is 0. The van der Waals surface area contributed by atoms with E-state index in [1.807, 2.05) is 23.1 Å². The minimum atomic E-state index is -0.184. The highest BCUT2D eigenvalue weighted by molar-refractivity contribution is 5.87. The maximum atomic E-state index is 12.4. The van der Waals surface area contributed by atoms with Crippen molar-refractivity contribution in [2.75, 3.05) is 13.1 Å². The van der Waals surface area contributed by atoms with Gasteiger partial charge in [-0.25, -0.2) is 0 Å². The van der Waals surface area contributed by atoms with Gasteiger partial charge in [0.25, 0.3) is 0 Å². The van der Waals surface area contributed by atoms with Gasteiger partial charge in [-0.3, -0.25) is 4.79 Å². The van der Waals surface area contributed by atoms with Crippen LogP contribution in [0.3, 0.4) is 0 Å².